The molecule has 0 radical (unpaired) electrons. The zero-order valence-electron chi connectivity index (χ0n) is 11.4. The number of carbonyl (C=O) groups is 1. The molecule has 0 aromatic carbocycles. The first kappa shape index (κ1) is 15.0. The Bertz CT molecular complexity index is 619. The van der Waals surface area contributed by atoms with Crippen molar-refractivity contribution >= 4 is 40.2 Å². The van der Waals surface area contributed by atoms with Crippen LogP contribution in [0.4, 0.5) is 0 Å². The van der Waals surface area contributed by atoms with Gasteiger partial charge >= 0.3 is 0 Å². The lowest BCUT2D eigenvalue weighted by atomic mass is 10.1. The van der Waals surface area contributed by atoms with E-state index < -0.39 is 0 Å². The molecule has 1 fully saturated rings. The third kappa shape index (κ3) is 4.03. The van der Waals surface area contributed by atoms with Gasteiger partial charge in [0.2, 0.25) is 5.91 Å². The predicted octanol–water partition coefficient (Wildman–Crippen LogP) is 2.94. The summed E-state index contributed by atoms with van der Waals surface area (Å²) in [5, 5.41) is 9.23. The maximum atomic E-state index is 12.0. The SMILES string of the molecule is O=C(Cc1csc(-c2ccc(Cl)s2)n1)N[C@H]1CCCNC1. The lowest BCUT2D eigenvalue weighted by Crippen LogP contribution is -2.46. The first-order valence-corrected chi connectivity index (χ1v) is 8.98. The lowest BCUT2D eigenvalue weighted by Gasteiger charge is -2.23. The van der Waals surface area contributed by atoms with E-state index in [1.807, 2.05) is 17.5 Å². The van der Waals surface area contributed by atoms with Gasteiger partial charge in [-0.15, -0.1) is 22.7 Å². The molecule has 0 unspecified atom stereocenters. The van der Waals surface area contributed by atoms with Crippen molar-refractivity contribution in [3.05, 3.63) is 27.5 Å². The maximum Gasteiger partial charge on any atom is 0.226 e. The zero-order chi connectivity index (χ0) is 14.7. The van der Waals surface area contributed by atoms with Gasteiger partial charge in [0.05, 0.1) is 21.3 Å². The summed E-state index contributed by atoms with van der Waals surface area (Å²) < 4.78 is 0.754. The summed E-state index contributed by atoms with van der Waals surface area (Å²) in [5.74, 6) is 0.0461. The number of halogens is 1. The molecular weight excluding hydrogens is 326 g/mol. The van der Waals surface area contributed by atoms with Crippen molar-refractivity contribution in [3.63, 3.8) is 0 Å². The summed E-state index contributed by atoms with van der Waals surface area (Å²) in [6, 6.07) is 4.08. The van der Waals surface area contributed by atoms with Crippen LogP contribution in [-0.4, -0.2) is 30.0 Å². The average molecular weight is 342 g/mol. The number of thiazole rings is 1. The van der Waals surface area contributed by atoms with Crippen molar-refractivity contribution in [2.24, 2.45) is 0 Å². The predicted molar refractivity (Wildman–Crippen MR) is 88.2 cm³/mol. The van der Waals surface area contributed by atoms with Crippen molar-refractivity contribution in [2.45, 2.75) is 25.3 Å². The maximum absolute atomic E-state index is 12.0. The van der Waals surface area contributed by atoms with Gasteiger partial charge in [-0.2, -0.15) is 0 Å². The van der Waals surface area contributed by atoms with Crippen LogP contribution in [-0.2, 0) is 11.2 Å². The smallest absolute Gasteiger partial charge is 0.226 e. The highest BCUT2D eigenvalue weighted by Crippen LogP contribution is 2.32. The molecule has 2 aromatic rings. The highest BCUT2D eigenvalue weighted by molar-refractivity contribution is 7.23. The van der Waals surface area contributed by atoms with E-state index in [2.05, 4.69) is 15.6 Å². The summed E-state index contributed by atoms with van der Waals surface area (Å²) in [6.07, 6.45) is 2.51. The van der Waals surface area contributed by atoms with Crippen LogP contribution in [0.1, 0.15) is 18.5 Å². The van der Waals surface area contributed by atoms with Crippen LogP contribution in [0.15, 0.2) is 17.5 Å². The number of piperidine rings is 1. The first-order valence-electron chi connectivity index (χ1n) is 6.91. The van der Waals surface area contributed by atoms with Gasteiger partial charge in [-0.25, -0.2) is 4.98 Å². The van der Waals surface area contributed by atoms with Crippen LogP contribution in [0.2, 0.25) is 4.34 Å². The van der Waals surface area contributed by atoms with Crippen LogP contribution < -0.4 is 10.6 Å². The number of nitrogens with one attached hydrogen (secondary N) is 2. The van der Waals surface area contributed by atoms with Crippen LogP contribution in [0, 0.1) is 0 Å². The van der Waals surface area contributed by atoms with E-state index in [1.54, 1.807) is 11.3 Å². The molecule has 0 bridgehead atoms. The van der Waals surface area contributed by atoms with E-state index in [4.69, 9.17) is 11.6 Å². The fourth-order valence-electron chi connectivity index (χ4n) is 2.35. The Kier molecular flexibility index (Phi) is 4.90. The molecule has 4 nitrogen and oxygen atoms in total. The van der Waals surface area contributed by atoms with Crippen LogP contribution in [0.5, 0.6) is 0 Å². The molecule has 2 aromatic heterocycles. The molecule has 2 N–H and O–H groups in total. The molecule has 3 rings (SSSR count). The van der Waals surface area contributed by atoms with Gasteiger partial charge in [0.1, 0.15) is 5.01 Å². The normalized spacial score (nSPS) is 18.6. The van der Waals surface area contributed by atoms with Gasteiger partial charge in [-0.1, -0.05) is 11.6 Å². The number of aromatic nitrogens is 1. The molecule has 1 aliphatic heterocycles. The van der Waals surface area contributed by atoms with E-state index in [1.165, 1.54) is 11.3 Å². The Balaban J connectivity index is 1.57. The fraction of sp³-hybridized carbons (Fsp3) is 0.429. The monoisotopic (exact) mass is 341 g/mol. The molecule has 21 heavy (non-hydrogen) atoms. The van der Waals surface area contributed by atoms with Gasteiger partial charge in [0.25, 0.3) is 0 Å². The van der Waals surface area contributed by atoms with Crippen LogP contribution in [0.25, 0.3) is 9.88 Å². The van der Waals surface area contributed by atoms with E-state index in [0.717, 1.165) is 45.8 Å². The summed E-state index contributed by atoms with van der Waals surface area (Å²) in [4.78, 5) is 17.6. The van der Waals surface area contributed by atoms with E-state index >= 15 is 0 Å². The quantitative estimate of drug-likeness (QED) is 0.899. The zero-order valence-corrected chi connectivity index (χ0v) is 13.8. The second kappa shape index (κ2) is 6.87. The molecular formula is C14H16ClN3OS2. The van der Waals surface area contributed by atoms with Crippen LogP contribution in [0.3, 0.4) is 0 Å². The third-order valence-electron chi connectivity index (χ3n) is 3.34. The highest BCUT2D eigenvalue weighted by atomic mass is 35.5. The number of amides is 1. The second-order valence-electron chi connectivity index (χ2n) is 5.04. The Morgan fingerprint density at radius 2 is 2.43 bits per heavy atom. The minimum atomic E-state index is 0.0461. The lowest BCUT2D eigenvalue weighted by molar-refractivity contribution is -0.121. The Morgan fingerprint density at radius 1 is 1.52 bits per heavy atom. The van der Waals surface area contributed by atoms with Gasteiger partial charge in [0, 0.05) is 18.0 Å². The third-order valence-corrected chi connectivity index (χ3v) is 5.63. The molecule has 1 atom stereocenters. The van der Waals surface area contributed by atoms with Crippen LogP contribution >= 0.6 is 34.3 Å². The summed E-state index contributed by atoms with van der Waals surface area (Å²) in [6.45, 7) is 1.91. The summed E-state index contributed by atoms with van der Waals surface area (Å²) in [5.41, 5.74) is 0.820. The van der Waals surface area contributed by atoms with Crippen molar-refractivity contribution in [3.8, 4) is 9.88 Å². The molecule has 0 aliphatic carbocycles. The number of hydrogen-bond donors (Lipinski definition) is 2. The van der Waals surface area contributed by atoms with Gasteiger partial charge in [0.15, 0.2) is 0 Å². The minimum Gasteiger partial charge on any atom is -0.352 e. The number of thiophene rings is 1. The standard InChI is InChI=1S/C14H16ClN3OS2/c15-12-4-3-11(21-12)14-18-10(8-20-14)6-13(19)17-9-2-1-5-16-7-9/h3-4,8-9,16H,1-2,5-7H2,(H,17,19)/t9-/m0/s1. The molecule has 7 heteroatoms. The highest BCUT2D eigenvalue weighted by Gasteiger charge is 2.16. The average Bonchev–Trinajstić information content (AvgIpc) is 3.09. The Morgan fingerprint density at radius 3 is 3.14 bits per heavy atom. The van der Waals surface area contributed by atoms with E-state index in [-0.39, 0.29) is 11.9 Å². The van der Waals surface area contributed by atoms with Gasteiger partial charge < -0.3 is 10.6 Å². The minimum absolute atomic E-state index is 0.0461. The van der Waals surface area contributed by atoms with E-state index in [0.29, 0.717) is 6.42 Å². The Hall–Kier alpha value is -0.950. The Labute approximate surface area is 136 Å². The second-order valence-corrected chi connectivity index (χ2v) is 7.61. The molecule has 1 aliphatic rings. The molecule has 112 valence electrons. The summed E-state index contributed by atoms with van der Waals surface area (Å²) in [7, 11) is 0. The molecule has 1 amide bonds. The number of rotatable bonds is 4. The van der Waals surface area contributed by atoms with Crippen molar-refractivity contribution < 1.29 is 4.79 Å². The fourth-order valence-corrected chi connectivity index (χ4v) is 4.28. The van der Waals surface area contributed by atoms with Gasteiger partial charge in [-0.3, -0.25) is 4.79 Å². The largest absolute Gasteiger partial charge is 0.352 e. The summed E-state index contributed by atoms with van der Waals surface area (Å²) >= 11 is 8.99. The number of hydrogen-bond acceptors (Lipinski definition) is 5. The van der Waals surface area contributed by atoms with Gasteiger partial charge in [-0.05, 0) is 31.5 Å². The van der Waals surface area contributed by atoms with Crippen molar-refractivity contribution in [2.75, 3.05) is 13.1 Å². The molecule has 1 saturated heterocycles. The van der Waals surface area contributed by atoms with Crippen molar-refractivity contribution in [1.29, 1.82) is 0 Å². The topological polar surface area (TPSA) is 54.0 Å². The van der Waals surface area contributed by atoms with E-state index in [9.17, 15) is 4.79 Å². The molecule has 0 spiro atoms. The molecule has 3 heterocycles. The first-order chi connectivity index (χ1) is 10.2. The molecule has 0 saturated carbocycles. The number of nitrogens with zero attached hydrogens (tertiary/aromatic N) is 1. The number of carbonyl (C=O) groups excluding carboxylic acids is 1. The van der Waals surface area contributed by atoms with Crippen molar-refractivity contribution in [1.82, 2.24) is 15.6 Å².